The van der Waals surface area contributed by atoms with E-state index in [1.807, 2.05) is 37.3 Å². The summed E-state index contributed by atoms with van der Waals surface area (Å²) in [6.45, 7) is 10.3. The normalized spacial score (nSPS) is 11.1. The monoisotopic (exact) mass is 665 g/mol. The second-order valence-electron chi connectivity index (χ2n) is 12.2. The van der Waals surface area contributed by atoms with Crippen LogP contribution in [0.4, 0.5) is 20.2 Å². The van der Waals surface area contributed by atoms with E-state index in [-0.39, 0.29) is 11.3 Å². The van der Waals surface area contributed by atoms with Gasteiger partial charge >= 0.3 is 0 Å². The molecule has 5 aromatic rings. The number of aryl methyl sites for hydroxylation is 1. The highest BCUT2D eigenvalue weighted by Gasteiger charge is 2.24. The van der Waals surface area contributed by atoms with E-state index in [2.05, 4.69) is 39.3 Å². The Labute approximate surface area is 284 Å². The summed E-state index contributed by atoms with van der Waals surface area (Å²) in [7, 11) is 0. The van der Waals surface area contributed by atoms with E-state index in [1.54, 1.807) is 24.7 Å². The van der Waals surface area contributed by atoms with Crippen molar-refractivity contribution < 1.29 is 23.6 Å². The van der Waals surface area contributed by atoms with Crippen LogP contribution in [0.3, 0.4) is 0 Å². The highest BCUT2D eigenvalue weighted by atomic mass is 19.1. The van der Waals surface area contributed by atoms with E-state index in [1.165, 1.54) is 11.8 Å². The van der Waals surface area contributed by atoms with Crippen molar-refractivity contribution in [1.29, 1.82) is 0 Å². The Kier molecular flexibility index (Phi) is 11.7. The van der Waals surface area contributed by atoms with E-state index >= 15 is 0 Å². The second-order valence-corrected chi connectivity index (χ2v) is 12.2. The van der Waals surface area contributed by atoms with Crippen LogP contribution < -0.4 is 16.1 Å². The first-order chi connectivity index (χ1) is 23.7. The van der Waals surface area contributed by atoms with Gasteiger partial charge in [-0.05, 0) is 112 Å². The number of rotatable bonds is 17. The number of carbonyl (C=O) groups is 2. The van der Waals surface area contributed by atoms with E-state index < -0.39 is 28.7 Å². The molecule has 0 amide bonds. The number of carbonyl (C=O) groups excluding carboxylic acids is 2. The van der Waals surface area contributed by atoms with Crippen molar-refractivity contribution in [2.75, 3.05) is 30.4 Å². The number of aromatic nitrogens is 2. The maximum absolute atomic E-state index is 14.7. The molecule has 10 heteroatoms. The molecule has 2 heterocycles. The van der Waals surface area contributed by atoms with Crippen LogP contribution >= 0.6 is 0 Å². The number of nitrogens with zero attached hydrogens (tertiary/aromatic N) is 1. The minimum Gasteiger partial charge on any atom is -0.385 e. The molecule has 3 aromatic carbocycles. The lowest BCUT2D eigenvalue weighted by molar-refractivity contribution is 0.101. The topological polar surface area (TPSA) is 119 Å². The largest absolute Gasteiger partial charge is 0.385 e. The third-order valence-corrected chi connectivity index (χ3v) is 8.54. The first-order valence-electron chi connectivity index (χ1n) is 16.4. The Hall–Kier alpha value is -5.19. The predicted molar refractivity (Wildman–Crippen MR) is 191 cm³/mol. The molecule has 0 spiro atoms. The summed E-state index contributed by atoms with van der Waals surface area (Å²) in [4.78, 5) is 32.4. The predicted octanol–water partition coefficient (Wildman–Crippen LogP) is 8.58. The highest BCUT2D eigenvalue weighted by Crippen LogP contribution is 2.29. The maximum atomic E-state index is 14.7. The second kappa shape index (κ2) is 16.3. The Morgan fingerprint density at radius 1 is 0.857 bits per heavy atom. The number of H-pyrrole nitrogens is 1. The van der Waals surface area contributed by atoms with Gasteiger partial charge in [0.25, 0.3) is 0 Å². The number of benzene rings is 3. The summed E-state index contributed by atoms with van der Waals surface area (Å²) >= 11 is 0. The number of fused-ring (bicyclic) bond motifs is 1. The standard InChI is InChI=1S/C39H41F2N5O3/c1-24(2)31-21-29(13-14-30(31)25(3)47)43-19-7-6-18-42-17-5-4-8-26-9-11-27(12-10-26)28-20-32-33(23-45-39(32)44-22-28)38(48)36-34(40)15-16-35(46-49)37(36)41/h9-16,20-23,42-43,46,49H,1,4-8,17-19H2,2-3H3,(H,44,45). The quantitative estimate of drug-likeness (QED) is 0.0384. The number of hydrogen-bond acceptors (Lipinski definition) is 7. The number of hydrogen-bond donors (Lipinski definition) is 5. The van der Waals surface area contributed by atoms with Crippen molar-refractivity contribution in [2.24, 2.45) is 0 Å². The smallest absolute Gasteiger partial charge is 0.201 e. The molecule has 0 saturated heterocycles. The highest BCUT2D eigenvalue weighted by molar-refractivity contribution is 6.16. The molecule has 0 atom stereocenters. The SMILES string of the molecule is C=C(C)c1cc(NCCCCNCCCCc2ccc(-c3cnc4[nH]cc(C(=O)c5c(F)ccc(NO)c5F)c4c3)cc2)ccc1C(C)=O. The van der Waals surface area contributed by atoms with Crippen LogP contribution in [-0.4, -0.2) is 46.4 Å². The summed E-state index contributed by atoms with van der Waals surface area (Å²) in [5, 5.41) is 16.5. The molecular weight excluding hydrogens is 624 g/mol. The molecule has 8 nitrogen and oxygen atoms in total. The van der Waals surface area contributed by atoms with E-state index in [0.717, 1.165) is 91.8 Å². The Bertz CT molecular complexity index is 1970. The lowest BCUT2D eigenvalue weighted by Gasteiger charge is -2.12. The lowest BCUT2D eigenvalue weighted by Crippen LogP contribution is -2.17. The van der Waals surface area contributed by atoms with E-state index in [9.17, 15) is 18.4 Å². The number of unbranched alkanes of at least 4 members (excludes halogenated alkanes) is 2. The fourth-order valence-electron chi connectivity index (χ4n) is 5.82. The van der Waals surface area contributed by atoms with Gasteiger partial charge < -0.3 is 15.6 Å². The zero-order chi connectivity index (χ0) is 34.9. The molecule has 0 aliphatic carbocycles. The van der Waals surface area contributed by atoms with Gasteiger partial charge in [0.1, 0.15) is 11.5 Å². The molecule has 0 radical (unpaired) electrons. The molecule has 254 valence electrons. The number of halogens is 2. The zero-order valence-electron chi connectivity index (χ0n) is 27.8. The van der Waals surface area contributed by atoms with Crippen molar-refractivity contribution in [2.45, 2.75) is 46.0 Å². The third-order valence-electron chi connectivity index (χ3n) is 8.54. The molecule has 49 heavy (non-hydrogen) atoms. The summed E-state index contributed by atoms with van der Waals surface area (Å²) in [5.74, 6) is -3.01. The summed E-state index contributed by atoms with van der Waals surface area (Å²) in [5.41, 5.74) is 7.36. The molecule has 0 unspecified atom stereocenters. The molecule has 5 rings (SSSR count). The van der Waals surface area contributed by atoms with Gasteiger partial charge in [-0.3, -0.25) is 20.3 Å². The molecule has 0 aliphatic heterocycles. The first-order valence-corrected chi connectivity index (χ1v) is 16.4. The molecular formula is C39H41F2N5O3. The van der Waals surface area contributed by atoms with Gasteiger partial charge in [0.15, 0.2) is 11.6 Å². The molecule has 2 aromatic heterocycles. The Balaban J connectivity index is 1.05. The average molecular weight is 666 g/mol. The number of nitrogens with one attached hydrogen (secondary N) is 4. The molecule has 0 bridgehead atoms. The van der Waals surface area contributed by atoms with Crippen LogP contribution in [0.1, 0.15) is 76.9 Å². The number of aromatic amines is 1. The van der Waals surface area contributed by atoms with Crippen molar-refractivity contribution in [3.05, 3.63) is 119 Å². The summed E-state index contributed by atoms with van der Waals surface area (Å²) < 4.78 is 29.2. The van der Waals surface area contributed by atoms with Gasteiger partial charge in [-0.25, -0.2) is 13.8 Å². The van der Waals surface area contributed by atoms with Crippen LogP contribution in [0.2, 0.25) is 0 Å². The van der Waals surface area contributed by atoms with Crippen LogP contribution in [0.5, 0.6) is 0 Å². The minimum absolute atomic E-state index is 0.0444. The van der Waals surface area contributed by atoms with Crippen molar-refractivity contribution in [3.63, 3.8) is 0 Å². The molecule has 0 aliphatic rings. The van der Waals surface area contributed by atoms with Crippen LogP contribution in [0, 0.1) is 11.6 Å². The van der Waals surface area contributed by atoms with E-state index in [4.69, 9.17) is 5.21 Å². The first kappa shape index (κ1) is 35.1. The van der Waals surface area contributed by atoms with Crippen molar-refractivity contribution in [3.8, 4) is 11.1 Å². The fraction of sp³-hybridized carbons (Fsp3) is 0.256. The number of pyridine rings is 1. The van der Waals surface area contributed by atoms with Crippen LogP contribution in [0.25, 0.3) is 27.7 Å². The third kappa shape index (κ3) is 8.46. The number of anilines is 2. The van der Waals surface area contributed by atoms with Crippen LogP contribution in [0.15, 0.2) is 79.6 Å². The minimum atomic E-state index is -1.17. The summed E-state index contributed by atoms with van der Waals surface area (Å²) in [6, 6.07) is 17.7. The van der Waals surface area contributed by atoms with Gasteiger partial charge in [-0.2, -0.15) is 0 Å². The number of allylic oxidation sites excluding steroid dienone is 1. The van der Waals surface area contributed by atoms with Gasteiger partial charge in [-0.15, -0.1) is 0 Å². The number of ketones is 2. The molecule has 0 fully saturated rings. The van der Waals surface area contributed by atoms with E-state index in [0.29, 0.717) is 16.6 Å². The van der Waals surface area contributed by atoms with Gasteiger partial charge in [0.05, 0.1) is 11.3 Å². The van der Waals surface area contributed by atoms with Gasteiger partial charge in [-0.1, -0.05) is 36.4 Å². The lowest BCUT2D eigenvalue weighted by atomic mass is 9.98. The van der Waals surface area contributed by atoms with Gasteiger partial charge in [0, 0.05) is 46.7 Å². The zero-order valence-corrected chi connectivity index (χ0v) is 27.8. The maximum Gasteiger partial charge on any atom is 0.201 e. The van der Waals surface area contributed by atoms with Crippen molar-refractivity contribution >= 4 is 39.5 Å². The molecule has 5 N–H and O–H groups in total. The summed E-state index contributed by atoms with van der Waals surface area (Å²) in [6.07, 6.45) is 8.24. The Morgan fingerprint density at radius 2 is 1.59 bits per heavy atom. The van der Waals surface area contributed by atoms with Crippen LogP contribution in [-0.2, 0) is 6.42 Å². The number of Topliss-reactive ketones (excluding diaryl/α,β-unsaturated/α-hetero) is 1. The molecule has 0 saturated carbocycles. The van der Waals surface area contributed by atoms with Crippen molar-refractivity contribution in [1.82, 2.24) is 15.3 Å². The average Bonchev–Trinajstić information content (AvgIpc) is 3.52. The Morgan fingerprint density at radius 3 is 2.31 bits per heavy atom. The fourth-order valence-corrected chi connectivity index (χ4v) is 5.82. The van der Waals surface area contributed by atoms with Gasteiger partial charge in [0.2, 0.25) is 5.78 Å².